The molecule has 0 aliphatic carbocycles. The minimum Gasteiger partial charge on any atom is -0.506 e. The first-order valence-corrected chi connectivity index (χ1v) is 7.31. The van der Waals surface area contributed by atoms with Gasteiger partial charge >= 0.3 is 0 Å². The molecule has 0 unspecified atom stereocenters. The Hall–Kier alpha value is -1.54. The summed E-state index contributed by atoms with van der Waals surface area (Å²) in [4.78, 5) is 4.55. The van der Waals surface area contributed by atoms with Crippen molar-refractivity contribution in [3.63, 3.8) is 0 Å². The van der Waals surface area contributed by atoms with Gasteiger partial charge in [-0.05, 0) is 57.8 Å². The van der Waals surface area contributed by atoms with Crippen LogP contribution in [-0.2, 0) is 0 Å². The molecule has 1 N–H and O–H groups in total. The molecule has 2 heterocycles. The van der Waals surface area contributed by atoms with E-state index in [0.29, 0.717) is 26.2 Å². The Morgan fingerprint density at radius 3 is 2.45 bits per heavy atom. The molecule has 1 aliphatic heterocycles. The monoisotopic (exact) mass is 397 g/mol. The second-order valence-corrected chi connectivity index (χ2v) is 6.00. The average molecular weight is 399 g/mol. The fourth-order valence-electron chi connectivity index (χ4n) is 1.86. The molecule has 0 atom stereocenters. The molecule has 1 aliphatic rings. The Morgan fingerprint density at radius 2 is 1.80 bits per heavy atom. The first-order chi connectivity index (χ1) is 9.47. The maximum Gasteiger partial charge on any atom is 0.205 e. The van der Waals surface area contributed by atoms with Crippen molar-refractivity contribution in [3.05, 3.63) is 32.7 Å². The Morgan fingerprint density at radius 1 is 1.15 bits per heavy atom. The molecular weight excluding hydrogens is 390 g/mol. The number of rotatable bonds is 1. The largest absolute Gasteiger partial charge is 0.506 e. The van der Waals surface area contributed by atoms with Crippen LogP contribution in [0.2, 0.25) is 0 Å². The standard InChI is InChI=1S/C12H9Br2N5O/c1-5-10(12-17-16-6(2)19(12)18-5)15-7-3-8(13)11(20)9(14)4-7/h3-4,20H,1-2H3. The highest BCUT2D eigenvalue weighted by atomic mass is 79.9. The van der Waals surface area contributed by atoms with Crippen LogP contribution in [0.1, 0.15) is 18.6 Å². The van der Waals surface area contributed by atoms with Crippen molar-refractivity contribution < 1.29 is 5.11 Å². The van der Waals surface area contributed by atoms with Gasteiger partial charge in [-0.1, -0.05) is 0 Å². The quantitative estimate of drug-likeness (QED) is 0.801. The Labute approximate surface area is 131 Å². The SMILES string of the molecule is CC1=Nn2c(C)nnc2C1=Nc1cc(Br)c(O)c(Br)c1. The van der Waals surface area contributed by atoms with Crippen molar-refractivity contribution in [1.29, 1.82) is 0 Å². The van der Waals surface area contributed by atoms with Gasteiger partial charge in [-0.25, -0.2) is 4.99 Å². The summed E-state index contributed by atoms with van der Waals surface area (Å²) >= 11 is 6.57. The van der Waals surface area contributed by atoms with Crippen LogP contribution in [0.3, 0.4) is 0 Å². The van der Waals surface area contributed by atoms with Crippen LogP contribution in [0, 0.1) is 6.92 Å². The van der Waals surface area contributed by atoms with Crippen LogP contribution in [0.4, 0.5) is 5.69 Å². The number of nitrogens with zero attached hydrogens (tertiary/aromatic N) is 5. The molecule has 6 nitrogen and oxygen atoms in total. The number of hydrogen-bond acceptors (Lipinski definition) is 5. The van der Waals surface area contributed by atoms with Gasteiger partial charge in [-0.15, -0.1) is 10.2 Å². The van der Waals surface area contributed by atoms with E-state index in [1.54, 1.807) is 16.8 Å². The molecule has 8 heteroatoms. The topological polar surface area (TPSA) is 75.7 Å². The number of benzene rings is 1. The zero-order valence-electron chi connectivity index (χ0n) is 10.6. The number of aromatic nitrogens is 3. The van der Waals surface area contributed by atoms with Gasteiger partial charge in [0.15, 0.2) is 5.82 Å². The van der Waals surface area contributed by atoms with E-state index in [-0.39, 0.29) is 5.75 Å². The number of phenolic OH excluding ortho intramolecular Hbond substituents is 1. The molecule has 0 bridgehead atoms. The maximum absolute atomic E-state index is 9.71. The van der Waals surface area contributed by atoms with E-state index < -0.39 is 0 Å². The lowest BCUT2D eigenvalue weighted by molar-refractivity contribution is 0.468. The first-order valence-electron chi connectivity index (χ1n) is 5.72. The molecule has 0 saturated heterocycles. The second kappa shape index (κ2) is 4.78. The Kier molecular flexibility index (Phi) is 3.21. The minimum atomic E-state index is 0.143. The van der Waals surface area contributed by atoms with Crippen molar-refractivity contribution in [3.8, 4) is 5.75 Å². The highest BCUT2D eigenvalue weighted by Crippen LogP contribution is 2.36. The summed E-state index contributed by atoms with van der Waals surface area (Å²) in [6.07, 6.45) is 0. The summed E-state index contributed by atoms with van der Waals surface area (Å²) < 4.78 is 2.80. The molecule has 0 fully saturated rings. The zero-order chi connectivity index (χ0) is 14.4. The summed E-state index contributed by atoms with van der Waals surface area (Å²) in [6, 6.07) is 3.46. The number of aromatic hydroxyl groups is 1. The number of phenols is 1. The van der Waals surface area contributed by atoms with E-state index >= 15 is 0 Å². The van der Waals surface area contributed by atoms with Crippen molar-refractivity contribution >= 4 is 49.0 Å². The lowest BCUT2D eigenvalue weighted by Gasteiger charge is -2.03. The van der Waals surface area contributed by atoms with Gasteiger partial charge in [-0.3, -0.25) is 0 Å². The molecule has 3 rings (SSSR count). The smallest absolute Gasteiger partial charge is 0.205 e. The lowest BCUT2D eigenvalue weighted by Crippen LogP contribution is -2.08. The number of aryl methyl sites for hydroxylation is 1. The lowest BCUT2D eigenvalue weighted by atomic mass is 10.2. The van der Waals surface area contributed by atoms with E-state index in [9.17, 15) is 5.11 Å². The number of fused-ring (bicyclic) bond motifs is 1. The maximum atomic E-state index is 9.71. The second-order valence-electron chi connectivity index (χ2n) is 4.29. The van der Waals surface area contributed by atoms with Gasteiger partial charge in [0.1, 0.15) is 11.5 Å². The third kappa shape index (κ3) is 2.08. The van der Waals surface area contributed by atoms with Gasteiger partial charge in [0.2, 0.25) is 5.82 Å². The normalized spacial score (nSPS) is 15.6. The summed E-state index contributed by atoms with van der Waals surface area (Å²) in [7, 11) is 0. The van der Waals surface area contributed by atoms with Crippen molar-refractivity contribution in [1.82, 2.24) is 14.9 Å². The molecule has 1 aromatic carbocycles. The molecule has 2 aromatic rings. The first kappa shape index (κ1) is 13.4. The fourth-order valence-corrected chi connectivity index (χ4v) is 3.02. The Balaban J connectivity index is 2.12. The van der Waals surface area contributed by atoms with Crippen LogP contribution in [0.25, 0.3) is 0 Å². The van der Waals surface area contributed by atoms with Crippen molar-refractivity contribution in [2.45, 2.75) is 13.8 Å². The van der Waals surface area contributed by atoms with Gasteiger partial charge in [0.05, 0.1) is 20.3 Å². The number of hydrogen-bond donors (Lipinski definition) is 1. The molecule has 1 aromatic heterocycles. The third-order valence-electron chi connectivity index (χ3n) is 2.84. The van der Waals surface area contributed by atoms with Crippen molar-refractivity contribution in [2.75, 3.05) is 0 Å². The average Bonchev–Trinajstić information content (AvgIpc) is 2.89. The van der Waals surface area contributed by atoms with Crippen LogP contribution in [0.5, 0.6) is 5.75 Å². The predicted molar refractivity (Wildman–Crippen MR) is 83.0 cm³/mol. The van der Waals surface area contributed by atoms with Gasteiger partial charge < -0.3 is 5.11 Å². The zero-order valence-corrected chi connectivity index (χ0v) is 13.8. The molecule has 0 spiro atoms. The highest BCUT2D eigenvalue weighted by molar-refractivity contribution is 9.11. The van der Waals surface area contributed by atoms with Crippen LogP contribution < -0.4 is 0 Å². The van der Waals surface area contributed by atoms with E-state index in [2.05, 4.69) is 52.2 Å². The van der Waals surface area contributed by atoms with Gasteiger partial charge in [0.25, 0.3) is 0 Å². The molecule has 0 amide bonds. The van der Waals surface area contributed by atoms with E-state index in [4.69, 9.17) is 0 Å². The molecule has 20 heavy (non-hydrogen) atoms. The number of halogens is 2. The summed E-state index contributed by atoms with van der Waals surface area (Å²) in [5.41, 5.74) is 2.13. The highest BCUT2D eigenvalue weighted by Gasteiger charge is 2.24. The molecule has 0 radical (unpaired) electrons. The molecule has 0 saturated carbocycles. The van der Waals surface area contributed by atoms with E-state index in [1.165, 1.54) is 0 Å². The van der Waals surface area contributed by atoms with Crippen LogP contribution >= 0.6 is 31.9 Å². The predicted octanol–water partition coefficient (Wildman–Crippen LogP) is 3.18. The van der Waals surface area contributed by atoms with Crippen molar-refractivity contribution in [2.24, 2.45) is 10.1 Å². The van der Waals surface area contributed by atoms with Crippen LogP contribution in [-0.4, -0.2) is 31.4 Å². The molecule has 102 valence electrons. The van der Waals surface area contributed by atoms with E-state index in [1.807, 2.05) is 13.8 Å². The molecular formula is C12H9Br2N5O. The minimum absolute atomic E-state index is 0.143. The fraction of sp³-hybridized carbons (Fsp3) is 0.167. The summed E-state index contributed by atoms with van der Waals surface area (Å²) in [6.45, 7) is 3.71. The van der Waals surface area contributed by atoms with Gasteiger partial charge in [-0.2, -0.15) is 9.78 Å². The summed E-state index contributed by atoms with van der Waals surface area (Å²) in [5, 5.41) is 22.1. The third-order valence-corrected chi connectivity index (χ3v) is 4.05. The number of aliphatic imine (C=N–C) groups is 1. The summed E-state index contributed by atoms with van der Waals surface area (Å²) in [5.74, 6) is 1.49. The van der Waals surface area contributed by atoms with Gasteiger partial charge in [0, 0.05) is 0 Å². The van der Waals surface area contributed by atoms with E-state index in [0.717, 1.165) is 11.5 Å². The Bertz CT molecular complexity index is 755. The van der Waals surface area contributed by atoms with Crippen LogP contribution in [0.15, 0.2) is 31.2 Å².